The summed E-state index contributed by atoms with van der Waals surface area (Å²) in [5, 5.41) is 3.37. The molecule has 0 spiro atoms. The van der Waals surface area contributed by atoms with E-state index in [0.29, 0.717) is 6.04 Å². The van der Waals surface area contributed by atoms with Crippen LogP contribution in [0.3, 0.4) is 0 Å². The van der Waals surface area contributed by atoms with Crippen LogP contribution in [0.1, 0.15) is 43.9 Å². The standard InChI is InChI=1S/C16H27NO2/c1-12-7-8-13(11-15(12)18-5)14(17-4)9-10-16(2,3)19-6/h7-8,11,14,17H,9-10H2,1-6H3. The summed E-state index contributed by atoms with van der Waals surface area (Å²) in [5.41, 5.74) is 2.35. The lowest BCUT2D eigenvalue weighted by molar-refractivity contribution is 0.0118. The molecule has 108 valence electrons. The van der Waals surface area contributed by atoms with Crippen molar-refractivity contribution in [1.29, 1.82) is 0 Å². The summed E-state index contributed by atoms with van der Waals surface area (Å²) in [6.45, 7) is 6.30. The summed E-state index contributed by atoms with van der Waals surface area (Å²) < 4.78 is 10.9. The Morgan fingerprint density at radius 1 is 1.26 bits per heavy atom. The van der Waals surface area contributed by atoms with E-state index in [1.165, 1.54) is 11.1 Å². The third kappa shape index (κ3) is 4.51. The van der Waals surface area contributed by atoms with Crippen molar-refractivity contribution in [3.8, 4) is 5.75 Å². The summed E-state index contributed by atoms with van der Waals surface area (Å²) in [6.07, 6.45) is 2.04. The van der Waals surface area contributed by atoms with Gasteiger partial charge in [-0.2, -0.15) is 0 Å². The highest BCUT2D eigenvalue weighted by Gasteiger charge is 2.19. The van der Waals surface area contributed by atoms with Crippen LogP contribution in [0.2, 0.25) is 0 Å². The Kier molecular flexibility index (Phi) is 5.83. The van der Waals surface area contributed by atoms with Crippen LogP contribution in [0, 0.1) is 6.92 Å². The molecule has 0 fully saturated rings. The van der Waals surface area contributed by atoms with Crippen LogP contribution in [0.5, 0.6) is 5.75 Å². The first-order valence-corrected chi connectivity index (χ1v) is 6.80. The minimum Gasteiger partial charge on any atom is -0.496 e. The first-order chi connectivity index (χ1) is 8.93. The lowest BCUT2D eigenvalue weighted by Gasteiger charge is -2.26. The minimum atomic E-state index is -0.0795. The largest absolute Gasteiger partial charge is 0.496 e. The van der Waals surface area contributed by atoms with Crippen LogP contribution in [0.15, 0.2) is 18.2 Å². The molecule has 1 N–H and O–H groups in total. The quantitative estimate of drug-likeness (QED) is 0.819. The monoisotopic (exact) mass is 265 g/mol. The van der Waals surface area contributed by atoms with Gasteiger partial charge in [-0.15, -0.1) is 0 Å². The van der Waals surface area contributed by atoms with Gasteiger partial charge in [0.05, 0.1) is 12.7 Å². The van der Waals surface area contributed by atoms with Crippen LogP contribution in [-0.2, 0) is 4.74 Å². The first kappa shape index (κ1) is 16.0. The van der Waals surface area contributed by atoms with E-state index in [9.17, 15) is 0 Å². The minimum absolute atomic E-state index is 0.0795. The maximum Gasteiger partial charge on any atom is 0.122 e. The molecule has 0 aromatic heterocycles. The summed E-state index contributed by atoms with van der Waals surface area (Å²) in [5.74, 6) is 0.948. The Morgan fingerprint density at radius 3 is 2.47 bits per heavy atom. The molecule has 1 unspecified atom stereocenters. The maximum atomic E-state index is 5.48. The highest BCUT2D eigenvalue weighted by molar-refractivity contribution is 5.37. The highest BCUT2D eigenvalue weighted by Crippen LogP contribution is 2.28. The van der Waals surface area contributed by atoms with Crippen LogP contribution in [0.4, 0.5) is 0 Å². The molecular weight excluding hydrogens is 238 g/mol. The van der Waals surface area contributed by atoms with E-state index in [1.54, 1.807) is 14.2 Å². The van der Waals surface area contributed by atoms with E-state index in [-0.39, 0.29) is 5.60 Å². The van der Waals surface area contributed by atoms with E-state index >= 15 is 0 Å². The summed E-state index contributed by atoms with van der Waals surface area (Å²) in [6, 6.07) is 6.72. The van der Waals surface area contributed by atoms with Crippen molar-refractivity contribution in [1.82, 2.24) is 5.32 Å². The van der Waals surface area contributed by atoms with E-state index < -0.39 is 0 Å². The highest BCUT2D eigenvalue weighted by atomic mass is 16.5. The third-order valence-corrected chi connectivity index (χ3v) is 3.77. The number of ether oxygens (including phenoxy) is 2. The molecule has 0 aliphatic carbocycles. The molecule has 3 heteroatoms. The van der Waals surface area contributed by atoms with Crippen LogP contribution < -0.4 is 10.1 Å². The topological polar surface area (TPSA) is 30.5 Å². The molecule has 3 nitrogen and oxygen atoms in total. The molecule has 1 aromatic rings. The zero-order valence-electron chi connectivity index (χ0n) is 13.0. The Labute approximate surface area is 117 Å². The molecule has 0 heterocycles. The van der Waals surface area contributed by atoms with E-state index in [4.69, 9.17) is 9.47 Å². The average Bonchev–Trinajstić information content (AvgIpc) is 2.41. The van der Waals surface area contributed by atoms with Crippen LogP contribution in [0.25, 0.3) is 0 Å². The van der Waals surface area contributed by atoms with Gasteiger partial charge in [-0.3, -0.25) is 0 Å². The molecule has 1 atom stereocenters. The number of methoxy groups -OCH3 is 2. The number of hydrogen-bond acceptors (Lipinski definition) is 3. The second kappa shape index (κ2) is 6.92. The van der Waals surface area contributed by atoms with Crippen molar-refractivity contribution in [2.24, 2.45) is 0 Å². The van der Waals surface area contributed by atoms with Gasteiger partial charge in [-0.05, 0) is 57.9 Å². The van der Waals surface area contributed by atoms with Crippen LogP contribution in [-0.4, -0.2) is 26.9 Å². The predicted molar refractivity (Wildman–Crippen MR) is 79.9 cm³/mol. The van der Waals surface area contributed by atoms with E-state index in [2.05, 4.69) is 44.3 Å². The number of benzene rings is 1. The van der Waals surface area contributed by atoms with Gasteiger partial charge in [-0.1, -0.05) is 12.1 Å². The number of nitrogens with one attached hydrogen (secondary N) is 1. The van der Waals surface area contributed by atoms with Gasteiger partial charge < -0.3 is 14.8 Å². The molecule has 1 aromatic carbocycles. The molecule has 0 bridgehead atoms. The predicted octanol–water partition coefficient (Wildman–Crippen LogP) is 3.47. The third-order valence-electron chi connectivity index (χ3n) is 3.77. The van der Waals surface area contributed by atoms with Crippen LogP contribution >= 0.6 is 0 Å². The van der Waals surface area contributed by atoms with Gasteiger partial charge in [0.2, 0.25) is 0 Å². The normalized spacial score (nSPS) is 13.4. The summed E-state index contributed by atoms with van der Waals surface area (Å²) in [7, 11) is 5.48. The molecule has 0 amide bonds. The van der Waals surface area contributed by atoms with Gasteiger partial charge in [0.15, 0.2) is 0 Å². The Hall–Kier alpha value is -1.06. The fraction of sp³-hybridized carbons (Fsp3) is 0.625. The zero-order chi connectivity index (χ0) is 14.5. The van der Waals surface area contributed by atoms with Crippen molar-refractivity contribution >= 4 is 0 Å². The lowest BCUT2D eigenvalue weighted by Crippen LogP contribution is -2.26. The summed E-state index contributed by atoms with van der Waals surface area (Å²) in [4.78, 5) is 0. The van der Waals surface area contributed by atoms with Crippen molar-refractivity contribution in [2.75, 3.05) is 21.3 Å². The Bertz CT molecular complexity index is 402. The summed E-state index contributed by atoms with van der Waals surface area (Å²) >= 11 is 0. The second-order valence-corrected chi connectivity index (χ2v) is 5.57. The van der Waals surface area contributed by atoms with Crippen molar-refractivity contribution in [2.45, 2.75) is 45.3 Å². The molecule has 0 saturated carbocycles. The molecule has 1 rings (SSSR count). The van der Waals surface area contributed by atoms with Crippen molar-refractivity contribution in [3.63, 3.8) is 0 Å². The van der Waals surface area contributed by atoms with Gasteiger partial charge in [0, 0.05) is 13.2 Å². The fourth-order valence-corrected chi connectivity index (χ4v) is 2.13. The average molecular weight is 265 g/mol. The second-order valence-electron chi connectivity index (χ2n) is 5.57. The lowest BCUT2D eigenvalue weighted by atomic mass is 9.94. The smallest absolute Gasteiger partial charge is 0.122 e. The Morgan fingerprint density at radius 2 is 1.95 bits per heavy atom. The number of aryl methyl sites for hydroxylation is 1. The van der Waals surface area contributed by atoms with Gasteiger partial charge in [-0.25, -0.2) is 0 Å². The van der Waals surface area contributed by atoms with Gasteiger partial charge in [0.25, 0.3) is 0 Å². The molecule has 0 radical (unpaired) electrons. The van der Waals surface area contributed by atoms with E-state index in [0.717, 1.165) is 18.6 Å². The number of rotatable bonds is 7. The molecular formula is C16H27NO2. The molecule has 0 aliphatic rings. The zero-order valence-corrected chi connectivity index (χ0v) is 13.0. The molecule has 19 heavy (non-hydrogen) atoms. The van der Waals surface area contributed by atoms with Gasteiger partial charge in [0.1, 0.15) is 5.75 Å². The fourth-order valence-electron chi connectivity index (χ4n) is 2.13. The SMILES string of the molecule is CNC(CCC(C)(C)OC)c1ccc(C)c(OC)c1. The van der Waals surface area contributed by atoms with Crippen molar-refractivity contribution in [3.05, 3.63) is 29.3 Å². The Balaban J connectivity index is 2.80. The maximum absolute atomic E-state index is 5.48. The van der Waals surface area contributed by atoms with E-state index in [1.807, 2.05) is 7.05 Å². The molecule has 0 aliphatic heterocycles. The number of hydrogen-bond donors (Lipinski definition) is 1. The van der Waals surface area contributed by atoms with Crippen molar-refractivity contribution < 1.29 is 9.47 Å². The first-order valence-electron chi connectivity index (χ1n) is 6.80. The van der Waals surface area contributed by atoms with Gasteiger partial charge >= 0.3 is 0 Å². The molecule has 0 saturated heterocycles.